The summed E-state index contributed by atoms with van der Waals surface area (Å²) in [6.45, 7) is 0.175. The number of hydrogen-bond acceptors (Lipinski definition) is 5. The second-order valence-electron chi connectivity index (χ2n) is 8.54. The van der Waals surface area contributed by atoms with Gasteiger partial charge in [0, 0.05) is 30.2 Å². The van der Waals surface area contributed by atoms with Crippen LogP contribution in [0.4, 0.5) is 4.39 Å². The Balaban J connectivity index is 1.65. The molecule has 0 unspecified atom stereocenters. The van der Waals surface area contributed by atoms with E-state index >= 15 is 0 Å². The van der Waals surface area contributed by atoms with Crippen molar-refractivity contribution in [1.29, 1.82) is 0 Å². The van der Waals surface area contributed by atoms with E-state index in [1.165, 1.54) is 16.7 Å². The Bertz CT molecular complexity index is 1590. The second-order valence-corrected chi connectivity index (χ2v) is 8.54. The molecule has 0 aliphatic carbocycles. The van der Waals surface area contributed by atoms with Crippen molar-refractivity contribution >= 4 is 27.6 Å². The average molecular weight is 486 g/mol. The highest BCUT2D eigenvalue weighted by Gasteiger charge is 2.25. The third-order valence-electron chi connectivity index (χ3n) is 6.15. The zero-order valence-electron chi connectivity index (χ0n) is 19.7. The molecule has 36 heavy (non-hydrogen) atoms. The third-order valence-corrected chi connectivity index (χ3v) is 6.15. The van der Waals surface area contributed by atoms with Crippen LogP contribution in [0.5, 0.6) is 17.4 Å². The number of pyridine rings is 1. The van der Waals surface area contributed by atoms with Gasteiger partial charge in [0.1, 0.15) is 23.7 Å². The summed E-state index contributed by atoms with van der Waals surface area (Å²) in [7, 11) is 3.22. The highest BCUT2D eigenvalue weighted by molar-refractivity contribution is 6.19. The summed E-state index contributed by atoms with van der Waals surface area (Å²) in [5.41, 5.74) is 2.85. The molecule has 7 nitrogen and oxygen atoms in total. The maximum absolute atomic E-state index is 13.3. The fourth-order valence-corrected chi connectivity index (χ4v) is 4.36. The molecule has 5 rings (SSSR count). The number of aryl methyl sites for hydroxylation is 1. The van der Waals surface area contributed by atoms with Crippen LogP contribution in [0.25, 0.3) is 21.7 Å². The van der Waals surface area contributed by atoms with Crippen molar-refractivity contribution in [2.45, 2.75) is 13.0 Å². The minimum Gasteiger partial charge on any atom is -0.497 e. The molecule has 0 saturated carbocycles. The number of ether oxygens (including phenoxy) is 2. The number of benzene rings is 3. The van der Waals surface area contributed by atoms with Crippen LogP contribution in [0.15, 0.2) is 67.0 Å². The molecule has 0 amide bonds. The topological polar surface area (TPSA) is 93.8 Å². The minimum absolute atomic E-state index is 0.0288. The van der Waals surface area contributed by atoms with Gasteiger partial charge in [-0.1, -0.05) is 24.3 Å². The van der Waals surface area contributed by atoms with Crippen molar-refractivity contribution in [3.63, 3.8) is 0 Å². The zero-order chi connectivity index (χ0) is 25.4. The fraction of sp³-hybridized carbons (Fsp3) is 0.143. The van der Waals surface area contributed by atoms with Gasteiger partial charge < -0.3 is 24.3 Å². The molecular formula is C28H23FN2O5. The van der Waals surface area contributed by atoms with E-state index < -0.39 is 5.97 Å². The lowest BCUT2D eigenvalue weighted by Crippen LogP contribution is -2.04. The first kappa shape index (κ1) is 23.2. The number of carboxylic acid groups (broad SMARTS) is 1. The number of methoxy groups -OCH3 is 1. The maximum Gasteiger partial charge on any atom is 0.337 e. The Labute approximate surface area is 206 Å². The van der Waals surface area contributed by atoms with Crippen molar-refractivity contribution in [3.05, 3.63) is 95.1 Å². The van der Waals surface area contributed by atoms with Crippen molar-refractivity contribution in [3.8, 4) is 17.4 Å². The van der Waals surface area contributed by atoms with Gasteiger partial charge in [0.2, 0.25) is 5.88 Å². The highest BCUT2D eigenvalue weighted by Crippen LogP contribution is 2.43. The van der Waals surface area contributed by atoms with Crippen LogP contribution in [0.1, 0.15) is 27.0 Å². The van der Waals surface area contributed by atoms with Gasteiger partial charge in [-0.2, -0.15) is 0 Å². The van der Waals surface area contributed by atoms with E-state index in [2.05, 4.69) is 4.98 Å². The SMILES string of the molecule is COc1ccc(COc2c3ncc(Cc4ccc(F)cc4)cc3c(C(=O)O)c3cn(C)c(O)c23)cc1. The molecule has 2 heterocycles. The Morgan fingerprint density at radius 3 is 2.39 bits per heavy atom. The molecule has 0 aliphatic heterocycles. The first-order valence-electron chi connectivity index (χ1n) is 11.2. The first-order valence-corrected chi connectivity index (χ1v) is 11.2. The summed E-state index contributed by atoms with van der Waals surface area (Å²) in [5, 5.41) is 22.0. The molecule has 0 atom stereocenters. The largest absolute Gasteiger partial charge is 0.497 e. The molecule has 0 saturated heterocycles. The molecule has 5 aromatic rings. The summed E-state index contributed by atoms with van der Waals surface area (Å²) in [6, 6.07) is 15.3. The summed E-state index contributed by atoms with van der Waals surface area (Å²) < 4.78 is 26.2. The predicted molar refractivity (Wildman–Crippen MR) is 133 cm³/mol. The van der Waals surface area contributed by atoms with Gasteiger partial charge in [-0.25, -0.2) is 9.18 Å². The lowest BCUT2D eigenvalue weighted by Gasteiger charge is -2.14. The van der Waals surface area contributed by atoms with E-state index in [0.29, 0.717) is 34.2 Å². The normalized spacial score (nSPS) is 11.2. The van der Waals surface area contributed by atoms with Crippen molar-refractivity contribution in [2.75, 3.05) is 7.11 Å². The Morgan fingerprint density at radius 2 is 1.72 bits per heavy atom. The zero-order valence-corrected chi connectivity index (χ0v) is 19.7. The van der Waals surface area contributed by atoms with Gasteiger partial charge in [-0.3, -0.25) is 4.98 Å². The Kier molecular flexibility index (Phi) is 5.93. The molecule has 0 spiro atoms. The number of carbonyl (C=O) groups is 1. The number of hydrogen-bond donors (Lipinski definition) is 2. The highest BCUT2D eigenvalue weighted by atomic mass is 19.1. The van der Waals surface area contributed by atoms with Crippen LogP contribution in [0.3, 0.4) is 0 Å². The predicted octanol–water partition coefficient (Wildman–Crippen LogP) is 5.45. The van der Waals surface area contributed by atoms with E-state index in [9.17, 15) is 19.4 Å². The number of aromatic carboxylic acids is 1. The van der Waals surface area contributed by atoms with Crippen molar-refractivity contribution in [2.24, 2.45) is 7.05 Å². The molecule has 2 N–H and O–H groups in total. The molecule has 2 aromatic heterocycles. The fourth-order valence-electron chi connectivity index (χ4n) is 4.36. The number of halogens is 1. The van der Waals surface area contributed by atoms with Crippen LogP contribution in [-0.4, -0.2) is 32.8 Å². The molecule has 182 valence electrons. The van der Waals surface area contributed by atoms with E-state index in [0.717, 1.165) is 16.7 Å². The lowest BCUT2D eigenvalue weighted by atomic mass is 9.98. The molecule has 3 aromatic carbocycles. The van der Waals surface area contributed by atoms with E-state index in [-0.39, 0.29) is 29.3 Å². The van der Waals surface area contributed by atoms with Crippen molar-refractivity contribution in [1.82, 2.24) is 9.55 Å². The molecule has 0 radical (unpaired) electrons. The third kappa shape index (κ3) is 4.17. The number of fused-ring (bicyclic) bond motifs is 2. The van der Waals surface area contributed by atoms with Crippen LogP contribution < -0.4 is 9.47 Å². The maximum atomic E-state index is 13.3. The van der Waals surface area contributed by atoms with Crippen LogP contribution in [-0.2, 0) is 20.1 Å². The molecule has 0 aliphatic rings. The van der Waals surface area contributed by atoms with Gasteiger partial charge in [-0.05, 0) is 53.4 Å². The monoisotopic (exact) mass is 486 g/mol. The summed E-state index contributed by atoms with van der Waals surface area (Å²) in [6.07, 6.45) is 3.66. The van der Waals surface area contributed by atoms with E-state index in [4.69, 9.17) is 9.47 Å². The minimum atomic E-state index is -1.14. The molecule has 8 heteroatoms. The van der Waals surface area contributed by atoms with Gasteiger partial charge in [-0.15, -0.1) is 0 Å². The molecule has 0 bridgehead atoms. The summed E-state index contributed by atoms with van der Waals surface area (Å²) >= 11 is 0. The van der Waals surface area contributed by atoms with Gasteiger partial charge in [0.15, 0.2) is 5.75 Å². The molecule has 0 fully saturated rings. The van der Waals surface area contributed by atoms with Gasteiger partial charge >= 0.3 is 5.97 Å². The summed E-state index contributed by atoms with van der Waals surface area (Å²) in [5.74, 6) is -0.566. The number of rotatable bonds is 7. The number of aromatic hydroxyl groups is 1. The number of nitrogens with zero attached hydrogens (tertiary/aromatic N) is 2. The van der Waals surface area contributed by atoms with Crippen LogP contribution >= 0.6 is 0 Å². The second kappa shape index (κ2) is 9.22. The smallest absolute Gasteiger partial charge is 0.337 e. The first-order chi connectivity index (χ1) is 17.4. The van der Waals surface area contributed by atoms with Gasteiger partial charge in [0.05, 0.1) is 18.1 Å². The van der Waals surface area contributed by atoms with Crippen LogP contribution in [0.2, 0.25) is 0 Å². The average Bonchev–Trinajstić information content (AvgIpc) is 3.16. The van der Waals surface area contributed by atoms with Gasteiger partial charge in [0.25, 0.3) is 0 Å². The van der Waals surface area contributed by atoms with Crippen molar-refractivity contribution < 1.29 is 28.9 Å². The lowest BCUT2D eigenvalue weighted by molar-refractivity contribution is 0.0701. The van der Waals surface area contributed by atoms with E-state index in [1.807, 2.05) is 24.3 Å². The summed E-state index contributed by atoms with van der Waals surface area (Å²) in [4.78, 5) is 17.0. The molecular weight excluding hydrogens is 463 g/mol. The number of carboxylic acids is 1. The van der Waals surface area contributed by atoms with E-state index in [1.54, 1.807) is 44.8 Å². The standard InChI is InChI=1S/C28H23FN2O5/c1-31-14-22-23(28(33)34)21-12-18(11-16-3-7-19(29)8-4-16)13-30-25(21)26(24(22)27(31)32)36-15-17-5-9-20(35-2)10-6-17/h3-10,12-14,32H,11,15H2,1-2H3,(H,33,34). The number of aromatic nitrogens is 2. The quantitative estimate of drug-likeness (QED) is 0.318. The Hall–Kier alpha value is -4.59. The Morgan fingerprint density at radius 1 is 1.03 bits per heavy atom. The van der Waals surface area contributed by atoms with Crippen LogP contribution in [0, 0.1) is 5.82 Å².